The predicted molar refractivity (Wildman–Crippen MR) is 98.6 cm³/mol. The monoisotopic (exact) mass is 349 g/mol. The van der Waals surface area contributed by atoms with E-state index in [1.165, 1.54) is 0 Å². The van der Waals surface area contributed by atoms with Crippen molar-refractivity contribution >= 4 is 17.3 Å². The minimum absolute atomic E-state index is 0.427. The van der Waals surface area contributed by atoms with Crippen LogP contribution in [0.15, 0.2) is 66.9 Å². The summed E-state index contributed by atoms with van der Waals surface area (Å²) in [6, 6.07) is 20.7. The average Bonchev–Trinajstić information content (AvgIpc) is 2.62. The molecular weight excluding hydrogens is 334 g/mol. The number of nitrogens with zero attached hydrogens (tertiary/aromatic N) is 2. The lowest BCUT2D eigenvalue weighted by atomic mass is 10.2. The summed E-state index contributed by atoms with van der Waals surface area (Å²) in [6.07, 6.45) is 1.24. The smallest absolute Gasteiger partial charge is 0.197 e. The predicted octanol–water partition coefficient (Wildman–Crippen LogP) is 5.10. The maximum Gasteiger partial charge on any atom is 0.197 e. The van der Waals surface area contributed by atoms with Crippen molar-refractivity contribution in [3.05, 3.63) is 88.7 Å². The summed E-state index contributed by atoms with van der Waals surface area (Å²) >= 11 is 5.89. The summed E-state index contributed by atoms with van der Waals surface area (Å²) in [5, 5.41) is 12.7. The Kier molecular flexibility index (Phi) is 5.17. The van der Waals surface area contributed by atoms with E-state index in [0.717, 1.165) is 16.8 Å². The second kappa shape index (κ2) is 7.69. The molecule has 3 aromatic rings. The third-order valence-electron chi connectivity index (χ3n) is 3.61. The molecule has 0 aliphatic heterocycles. The normalized spacial score (nSPS) is 11.4. The van der Waals surface area contributed by atoms with Crippen LogP contribution in [0.5, 0.6) is 5.75 Å². The minimum Gasteiger partial charge on any atom is -0.466 e. The SMILES string of the molecule is Cc1cccc(NC(Oc2ccc(C#N)cc2)c2ccc(Cl)nc2)c1. The molecule has 0 radical (unpaired) electrons. The zero-order valence-corrected chi connectivity index (χ0v) is 14.4. The summed E-state index contributed by atoms with van der Waals surface area (Å²) in [5.74, 6) is 0.652. The van der Waals surface area contributed by atoms with Gasteiger partial charge in [0, 0.05) is 17.4 Å². The molecule has 1 N–H and O–H groups in total. The molecule has 3 rings (SSSR count). The van der Waals surface area contributed by atoms with Gasteiger partial charge in [-0.25, -0.2) is 4.98 Å². The number of hydrogen-bond donors (Lipinski definition) is 1. The molecule has 5 heteroatoms. The zero-order chi connectivity index (χ0) is 17.6. The van der Waals surface area contributed by atoms with Crippen LogP contribution >= 0.6 is 11.6 Å². The number of benzene rings is 2. The minimum atomic E-state index is -0.445. The number of anilines is 1. The molecule has 1 heterocycles. The Bertz CT molecular complexity index is 886. The van der Waals surface area contributed by atoms with E-state index in [9.17, 15) is 0 Å². The van der Waals surface area contributed by atoms with Crippen LogP contribution in [0.2, 0.25) is 5.15 Å². The standard InChI is InChI=1S/C20H16ClN3O/c1-14-3-2-4-17(11-14)24-20(16-7-10-19(21)23-13-16)25-18-8-5-15(12-22)6-9-18/h2-11,13,20,24H,1H3. The maximum absolute atomic E-state index is 8.91. The van der Waals surface area contributed by atoms with Crippen molar-refractivity contribution in [2.75, 3.05) is 5.32 Å². The van der Waals surface area contributed by atoms with Crippen LogP contribution in [0.4, 0.5) is 5.69 Å². The van der Waals surface area contributed by atoms with Crippen LogP contribution in [0, 0.1) is 18.3 Å². The highest BCUT2D eigenvalue weighted by Gasteiger charge is 2.14. The first-order chi connectivity index (χ1) is 12.1. The molecule has 0 saturated heterocycles. The summed E-state index contributed by atoms with van der Waals surface area (Å²) in [5.41, 5.74) is 3.52. The Morgan fingerprint density at radius 1 is 1.12 bits per heavy atom. The quantitative estimate of drug-likeness (QED) is 0.514. The maximum atomic E-state index is 8.91. The highest BCUT2D eigenvalue weighted by molar-refractivity contribution is 6.29. The molecule has 0 aliphatic rings. The van der Waals surface area contributed by atoms with Gasteiger partial charge < -0.3 is 10.1 Å². The van der Waals surface area contributed by atoms with Gasteiger partial charge >= 0.3 is 0 Å². The van der Waals surface area contributed by atoms with Crippen LogP contribution < -0.4 is 10.1 Å². The first kappa shape index (κ1) is 16.8. The molecular formula is C20H16ClN3O. The lowest BCUT2D eigenvalue weighted by Crippen LogP contribution is -2.17. The van der Waals surface area contributed by atoms with Gasteiger partial charge in [0.25, 0.3) is 0 Å². The van der Waals surface area contributed by atoms with Crippen molar-refractivity contribution in [2.45, 2.75) is 13.2 Å². The highest BCUT2D eigenvalue weighted by atomic mass is 35.5. The lowest BCUT2D eigenvalue weighted by Gasteiger charge is -2.22. The number of nitrogens with one attached hydrogen (secondary N) is 1. The van der Waals surface area contributed by atoms with E-state index < -0.39 is 6.23 Å². The zero-order valence-electron chi connectivity index (χ0n) is 13.6. The largest absolute Gasteiger partial charge is 0.466 e. The van der Waals surface area contributed by atoms with Crippen LogP contribution in [-0.4, -0.2) is 4.98 Å². The fourth-order valence-electron chi connectivity index (χ4n) is 2.35. The molecule has 124 valence electrons. The van der Waals surface area contributed by atoms with Crippen LogP contribution in [0.3, 0.4) is 0 Å². The van der Waals surface area contributed by atoms with E-state index in [4.69, 9.17) is 21.6 Å². The fraction of sp³-hybridized carbons (Fsp3) is 0.100. The Balaban J connectivity index is 1.87. The first-order valence-corrected chi connectivity index (χ1v) is 8.13. The van der Waals surface area contributed by atoms with E-state index in [-0.39, 0.29) is 0 Å². The first-order valence-electron chi connectivity index (χ1n) is 7.75. The van der Waals surface area contributed by atoms with Gasteiger partial charge in [-0.05, 0) is 61.0 Å². The van der Waals surface area contributed by atoms with Gasteiger partial charge in [0.05, 0.1) is 11.6 Å². The number of rotatable bonds is 5. The van der Waals surface area contributed by atoms with Crippen LogP contribution in [0.25, 0.3) is 0 Å². The summed E-state index contributed by atoms with van der Waals surface area (Å²) in [6.45, 7) is 2.03. The number of aryl methyl sites for hydroxylation is 1. The molecule has 2 aromatic carbocycles. The van der Waals surface area contributed by atoms with Crippen LogP contribution in [-0.2, 0) is 0 Å². The summed E-state index contributed by atoms with van der Waals surface area (Å²) in [7, 11) is 0. The number of halogens is 1. The van der Waals surface area contributed by atoms with E-state index in [0.29, 0.717) is 16.5 Å². The number of hydrogen-bond acceptors (Lipinski definition) is 4. The Hall–Kier alpha value is -3.03. The van der Waals surface area contributed by atoms with Gasteiger partial charge in [-0.15, -0.1) is 0 Å². The third kappa shape index (κ3) is 4.50. The van der Waals surface area contributed by atoms with Crippen molar-refractivity contribution in [3.8, 4) is 11.8 Å². The lowest BCUT2D eigenvalue weighted by molar-refractivity contribution is 0.235. The Labute approximate surface area is 151 Å². The van der Waals surface area contributed by atoms with E-state index in [1.54, 1.807) is 36.5 Å². The molecule has 0 amide bonds. The molecule has 0 bridgehead atoms. The van der Waals surface area contributed by atoms with E-state index >= 15 is 0 Å². The Morgan fingerprint density at radius 2 is 1.92 bits per heavy atom. The van der Waals surface area contributed by atoms with Crippen molar-refractivity contribution in [1.82, 2.24) is 4.98 Å². The highest BCUT2D eigenvalue weighted by Crippen LogP contribution is 2.25. The average molecular weight is 350 g/mol. The van der Waals surface area contributed by atoms with Crippen molar-refractivity contribution in [2.24, 2.45) is 0 Å². The molecule has 1 aromatic heterocycles. The molecule has 0 spiro atoms. The van der Waals surface area contributed by atoms with Crippen molar-refractivity contribution in [1.29, 1.82) is 5.26 Å². The van der Waals surface area contributed by atoms with E-state index in [1.807, 2.05) is 37.3 Å². The van der Waals surface area contributed by atoms with Gasteiger partial charge in [0.2, 0.25) is 0 Å². The molecule has 1 unspecified atom stereocenters. The van der Waals surface area contributed by atoms with Gasteiger partial charge in [0.1, 0.15) is 10.9 Å². The summed E-state index contributed by atoms with van der Waals surface area (Å²) in [4.78, 5) is 4.13. The number of ether oxygens (including phenoxy) is 1. The molecule has 0 fully saturated rings. The van der Waals surface area contributed by atoms with E-state index in [2.05, 4.69) is 16.4 Å². The van der Waals surface area contributed by atoms with Crippen LogP contribution in [0.1, 0.15) is 22.9 Å². The molecule has 0 saturated carbocycles. The fourth-order valence-corrected chi connectivity index (χ4v) is 2.47. The summed E-state index contributed by atoms with van der Waals surface area (Å²) < 4.78 is 6.08. The molecule has 25 heavy (non-hydrogen) atoms. The van der Waals surface area contributed by atoms with Gasteiger partial charge in [-0.2, -0.15) is 5.26 Å². The van der Waals surface area contributed by atoms with Gasteiger partial charge in [-0.3, -0.25) is 0 Å². The third-order valence-corrected chi connectivity index (χ3v) is 3.83. The number of pyridine rings is 1. The molecule has 4 nitrogen and oxygen atoms in total. The van der Waals surface area contributed by atoms with Crippen molar-refractivity contribution in [3.63, 3.8) is 0 Å². The number of nitriles is 1. The Morgan fingerprint density at radius 3 is 2.56 bits per heavy atom. The van der Waals surface area contributed by atoms with Gasteiger partial charge in [0.15, 0.2) is 6.23 Å². The second-order valence-electron chi connectivity index (χ2n) is 5.56. The topological polar surface area (TPSA) is 57.9 Å². The van der Waals surface area contributed by atoms with Gasteiger partial charge in [-0.1, -0.05) is 23.7 Å². The number of aromatic nitrogens is 1. The second-order valence-corrected chi connectivity index (χ2v) is 5.95. The molecule has 1 atom stereocenters. The molecule has 0 aliphatic carbocycles. The van der Waals surface area contributed by atoms with Crippen molar-refractivity contribution < 1.29 is 4.74 Å².